The number of pyridine rings is 1. The summed E-state index contributed by atoms with van der Waals surface area (Å²) in [6, 6.07) is 82.3. The summed E-state index contributed by atoms with van der Waals surface area (Å²) >= 11 is 0. The zero-order chi connectivity index (χ0) is 53.1. The Hall–Kier alpha value is -9.39. The first-order chi connectivity index (χ1) is 38.0. The predicted octanol–water partition coefficient (Wildman–Crippen LogP) is 18.7. The number of nitrogens with zero attached hydrogens (tertiary/aromatic N) is 4. The number of aromatic nitrogens is 2. The summed E-state index contributed by atoms with van der Waals surface area (Å²) in [5, 5.41) is 2.34. The van der Waals surface area contributed by atoms with Crippen molar-refractivity contribution in [2.24, 2.45) is 0 Å². The SMILES string of the molecule is CC(C)(C)c1ccnc(-n2c3ccc(C(C)(C)C)cc3c3ccc(Oc4cccc(C5=COC6=C(c7c(-c8ccccc8)cccc7-c7ccccc7)N(c7c(-c8ccccc8)cccc7-c7ccccc7)CN56)c4)cc32)c1. The largest absolute Gasteiger partial charge is 0.457 e. The Morgan fingerprint density at radius 3 is 1.55 bits per heavy atom. The molecule has 0 spiro atoms. The molecule has 9 aromatic carbocycles. The van der Waals surface area contributed by atoms with Gasteiger partial charge in [-0.15, -0.1) is 0 Å². The molecule has 2 aliphatic rings. The normalized spacial score (nSPS) is 13.5. The van der Waals surface area contributed by atoms with Crippen LogP contribution in [-0.4, -0.2) is 21.1 Å². The van der Waals surface area contributed by atoms with Crippen LogP contribution in [-0.2, 0) is 15.6 Å². The minimum atomic E-state index is -0.0457. The Morgan fingerprint density at radius 1 is 0.436 bits per heavy atom. The lowest BCUT2D eigenvalue weighted by molar-refractivity contribution is 0.297. The third kappa shape index (κ3) is 8.69. The first-order valence-electron chi connectivity index (χ1n) is 26.9. The number of hydrogen-bond donors (Lipinski definition) is 0. The molecule has 0 amide bonds. The predicted molar refractivity (Wildman–Crippen MR) is 322 cm³/mol. The molecule has 0 saturated heterocycles. The molecule has 78 heavy (non-hydrogen) atoms. The summed E-state index contributed by atoms with van der Waals surface area (Å²) in [5.74, 6) is 3.09. The second-order valence-electron chi connectivity index (χ2n) is 22.4. The van der Waals surface area contributed by atoms with Gasteiger partial charge in [0.05, 0.1) is 22.4 Å². The number of benzene rings is 9. The number of anilines is 1. The van der Waals surface area contributed by atoms with Gasteiger partial charge in [0.25, 0.3) is 0 Å². The fourth-order valence-corrected chi connectivity index (χ4v) is 11.3. The third-order valence-electron chi connectivity index (χ3n) is 15.3. The molecule has 0 atom stereocenters. The van der Waals surface area contributed by atoms with Crippen molar-refractivity contribution >= 4 is 38.9 Å². The fourth-order valence-electron chi connectivity index (χ4n) is 11.3. The van der Waals surface area contributed by atoms with Crippen molar-refractivity contribution in [3.8, 4) is 61.8 Å². The van der Waals surface area contributed by atoms with Crippen LogP contribution in [0.5, 0.6) is 11.5 Å². The average Bonchev–Trinajstić information content (AvgIpc) is 4.36. The van der Waals surface area contributed by atoms with E-state index in [0.717, 1.165) is 107 Å². The van der Waals surface area contributed by atoms with Gasteiger partial charge in [0.15, 0.2) is 0 Å². The van der Waals surface area contributed by atoms with Gasteiger partial charge in [0.2, 0.25) is 5.88 Å². The van der Waals surface area contributed by atoms with E-state index in [1.54, 1.807) is 0 Å². The van der Waals surface area contributed by atoms with Crippen LogP contribution in [0.1, 0.15) is 63.8 Å². The lowest BCUT2D eigenvalue weighted by Crippen LogP contribution is -2.27. The van der Waals surface area contributed by atoms with Crippen molar-refractivity contribution < 1.29 is 9.47 Å². The molecule has 0 N–H and O–H groups in total. The van der Waals surface area contributed by atoms with Gasteiger partial charge in [-0.3, -0.25) is 9.47 Å². The van der Waals surface area contributed by atoms with Gasteiger partial charge in [-0.05, 0) is 104 Å². The highest BCUT2D eigenvalue weighted by molar-refractivity contribution is 6.10. The van der Waals surface area contributed by atoms with Crippen LogP contribution in [0.2, 0.25) is 0 Å². The van der Waals surface area contributed by atoms with Gasteiger partial charge < -0.3 is 14.4 Å². The summed E-state index contributed by atoms with van der Waals surface area (Å²) in [7, 11) is 0. The Kier molecular flexibility index (Phi) is 12.0. The number of para-hydroxylation sites is 1. The fraction of sp³-hybridized carbons (Fsp3) is 0.125. The summed E-state index contributed by atoms with van der Waals surface area (Å²) in [4.78, 5) is 9.81. The first kappa shape index (κ1) is 48.3. The van der Waals surface area contributed by atoms with E-state index in [1.807, 2.05) is 18.5 Å². The van der Waals surface area contributed by atoms with Crippen molar-refractivity contribution in [2.75, 3.05) is 11.6 Å². The minimum Gasteiger partial charge on any atom is -0.457 e. The molecule has 380 valence electrons. The Labute approximate surface area is 457 Å². The van der Waals surface area contributed by atoms with Crippen LogP contribution in [0.25, 0.3) is 83.5 Å². The number of hydrogen-bond acceptors (Lipinski definition) is 5. The second-order valence-corrected chi connectivity index (χ2v) is 22.4. The Morgan fingerprint density at radius 2 is 0.962 bits per heavy atom. The zero-order valence-electron chi connectivity index (χ0n) is 44.9. The third-order valence-corrected chi connectivity index (χ3v) is 15.3. The minimum absolute atomic E-state index is 0.0120. The van der Waals surface area contributed by atoms with Crippen molar-refractivity contribution in [1.82, 2.24) is 14.5 Å². The van der Waals surface area contributed by atoms with E-state index in [-0.39, 0.29) is 10.8 Å². The van der Waals surface area contributed by atoms with E-state index in [9.17, 15) is 0 Å². The monoisotopic (exact) mass is 1010 g/mol. The maximum absolute atomic E-state index is 7.04. The maximum Gasteiger partial charge on any atom is 0.226 e. The van der Waals surface area contributed by atoms with Gasteiger partial charge in [-0.25, -0.2) is 4.98 Å². The lowest BCUT2D eigenvalue weighted by Gasteiger charge is -2.30. The molecule has 0 radical (unpaired) electrons. The Bertz CT molecular complexity index is 4010. The van der Waals surface area contributed by atoms with Crippen molar-refractivity contribution in [1.29, 1.82) is 0 Å². The molecular weight excluding hydrogens is 953 g/mol. The Balaban J connectivity index is 0.953. The van der Waals surface area contributed by atoms with Crippen molar-refractivity contribution in [3.05, 3.63) is 271 Å². The van der Waals surface area contributed by atoms with Gasteiger partial charge in [-0.2, -0.15) is 0 Å². The van der Waals surface area contributed by atoms with E-state index >= 15 is 0 Å². The standard InChI is InChI=1S/C72H60N4O2/c1-71(2,3)53-36-39-63-62(43-53)61-38-37-56(45-64(61)76(63)66-44-54(40-41-73-66)72(4,5)6)78-55-31-19-30-52(42-55)65-46-77-70-69(67-57(48-22-11-7-12-23-48)32-20-33-58(67)49-24-13-8-14-25-49)75(47-74(65)70)68-59(50-26-15-9-16-27-50)34-21-35-60(68)51-28-17-10-18-29-51/h7-46H,47H2,1-6H3. The highest BCUT2D eigenvalue weighted by Crippen LogP contribution is 2.53. The summed E-state index contributed by atoms with van der Waals surface area (Å²) in [5.41, 5.74) is 18.6. The van der Waals surface area contributed by atoms with Gasteiger partial charge in [0.1, 0.15) is 35.9 Å². The topological polar surface area (TPSA) is 42.8 Å². The van der Waals surface area contributed by atoms with Crippen molar-refractivity contribution in [2.45, 2.75) is 52.4 Å². The van der Waals surface area contributed by atoms with Crippen LogP contribution in [0.4, 0.5) is 5.69 Å². The highest BCUT2D eigenvalue weighted by atomic mass is 16.5. The molecule has 0 aliphatic carbocycles. The van der Waals surface area contributed by atoms with Crippen LogP contribution >= 0.6 is 0 Å². The summed E-state index contributed by atoms with van der Waals surface area (Å²) in [6.45, 7) is 14.0. The van der Waals surface area contributed by atoms with Crippen LogP contribution < -0.4 is 9.64 Å². The number of fused-ring (bicyclic) bond motifs is 4. The molecule has 0 fully saturated rings. The highest BCUT2D eigenvalue weighted by Gasteiger charge is 2.42. The molecule has 4 heterocycles. The van der Waals surface area contributed by atoms with Gasteiger partial charge in [-0.1, -0.05) is 217 Å². The van der Waals surface area contributed by atoms with Crippen LogP contribution in [0.15, 0.2) is 249 Å². The van der Waals surface area contributed by atoms with Crippen LogP contribution in [0.3, 0.4) is 0 Å². The molecule has 0 saturated carbocycles. The van der Waals surface area contributed by atoms with E-state index in [1.165, 1.54) is 16.5 Å². The van der Waals surface area contributed by atoms with E-state index in [0.29, 0.717) is 12.4 Å². The van der Waals surface area contributed by atoms with Gasteiger partial charge >= 0.3 is 0 Å². The van der Waals surface area contributed by atoms with Crippen molar-refractivity contribution in [3.63, 3.8) is 0 Å². The van der Waals surface area contributed by atoms with E-state index in [2.05, 4.69) is 280 Å². The molecule has 2 aromatic heterocycles. The quantitative estimate of drug-likeness (QED) is 0.137. The zero-order valence-corrected chi connectivity index (χ0v) is 44.9. The molecule has 11 aromatic rings. The summed E-state index contributed by atoms with van der Waals surface area (Å²) < 4.78 is 16.3. The smallest absolute Gasteiger partial charge is 0.226 e. The molecular formula is C72H60N4O2. The van der Waals surface area contributed by atoms with Gasteiger partial charge in [0, 0.05) is 45.3 Å². The maximum atomic E-state index is 7.04. The van der Waals surface area contributed by atoms with E-state index in [4.69, 9.17) is 14.5 Å². The molecule has 6 nitrogen and oxygen atoms in total. The number of ether oxygens (including phenoxy) is 2. The number of rotatable bonds is 10. The molecule has 6 heteroatoms. The van der Waals surface area contributed by atoms with Crippen LogP contribution in [0, 0.1) is 0 Å². The first-order valence-corrected chi connectivity index (χ1v) is 26.9. The second kappa shape index (κ2) is 19.3. The summed E-state index contributed by atoms with van der Waals surface area (Å²) in [6.07, 6.45) is 3.84. The molecule has 2 aliphatic heterocycles. The lowest BCUT2D eigenvalue weighted by atomic mass is 9.86. The van der Waals surface area contributed by atoms with E-state index < -0.39 is 0 Å². The average molecular weight is 1010 g/mol. The molecule has 0 bridgehead atoms. The molecule has 0 unspecified atom stereocenters. The molecule has 13 rings (SSSR count).